The standard InChI is InChI=1S/C13H15ClFNO3S/c14-12-2-1-9(6-13(12)15)5-11(17)7-10-8-20(18,19)4-3-16-10/h1-2,6,10,16H,3-5,7-8H2. The molecule has 4 nitrogen and oxygen atoms in total. The summed E-state index contributed by atoms with van der Waals surface area (Å²) in [5.74, 6) is -0.593. The predicted molar refractivity (Wildman–Crippen MR) is 75.2 cm³/mol. The molecule has 1 heterocycles. The highest BCUT2D eigenvalue weighted by atomic mass is 35.5. The molecule has 110 valence electrons. The van der Waals surface area contributed by atoms with Crippen LogP contribution in [0.3, 0.4) is 0 Å². The van der Waals surface area contributed by atoms with Crippen LogP contribution in [0.5, 0.6) is 0 Å². The summed E-state index contributed by atoms with van der Waals surface area (Å²) in [6, 6.07) is 3.88. The third-order valence-corrected chi connectivity index (χ3v) is 5.20. The number of nitrogens with one attached hydrogen (secondary N) is 1. The van der Waals surface area contributed by atoms with Crippen LogP contribution >= 0.6 is 11.6 Å². The molecule has 20 heavy (non-hydrogen) atoms. The maximum atomic E-state index is 13.3. The van der Waals surface area contributed by atoms with E-state index in [2.05, 4.69) is 5.32 Å². The van der Waals surface area contributed by atoms with Crippen molar-refractivity contribution in [3.63, 3.8) is 0 Å². The van der Waals surface area contributed by atoms with E-state index in [1.54, 1.807) is 6.07 Å². The number of ketones is 1. The van der Waals surface area contributed by atoms with Crippen molar-refractivity contribution < 1.29 is 17.6 Å². The van der Waals surface area contributed by atoms with Crippen LogP contribution in [0.15, 0.2) is 18.2 Å². The average molecular weight is 320 g/mol. The van der Waals surface area contributed by atoms with E-state index in [0.29, 0.717) is 12.1 Å². The Morgan fingerprint density at radius 3 is 2.85 bits per heavy atom. The van der Waals surface area contributed by atoms with Gasteiger partial charge in [-0.15, -0.1) is 0 Å². The Kier molecular flexibility index (Phi) is 4.78. The average Bonchev–Trinajstić information content (AvgIpc) is 2.32. The molecular formula is C13H15ClFNO3S. The summed E-state index contributed by atoms with van der Waals surface area (Å²) in [5, 5.41) is 3.03. The van der Waals surface area contributed by atoms with Gasteiger partial charge in [0, 0.05) is 25.4 Å². The van der Waals surface area contributed by atoms with E-state index in [-0.39, 0.29) is 41.2 Å². The molecule has 0 spiro atoms. The first-order valence-electron chi connectivity index (χ1n) is 6.25. The number of sulfone groups is 1. The molecule has 1 aromatic rings. The first-order chi connectivity index (χ1) is 9.35. The molecule has 1 atom stereocenters. The predicted octanol–water partition coefficient (Wildman–Crippen LogP) is 1.37. The lowest BCUT2D eigenvalue weighted by Crippen LogP contribution is -2.46. The minimum atomic E-state index is -3.05. The molecule has 1 unspecified atom stereocenters. The van der Waals surface area contributed by atoms with Gasteiger partial charge in [0.05, 0.1) is 16.5 Å². The highest BCUT2D eigenvalue weighted by Gasteiger charge is 2.25. The van der Waals surface area contributed by atoms with Crippen LogP contribution in [0.25, 0.3) is 0 Å². The summed E-state index contributed by atoms with van der Waals surface area (Å²) in [5.41, 5.74) is 0.538. The largest absolute Gasteiger partial charge is 0.312 e. The monoisotopic (exact) mass is 319 g/mol. The normalized spacial score (nSPS) is 21.6. The molecule has 1 aliphatic rings. The van der Waals surface area contributed by atoms with Crippen LogP contribution in [0.1, 0.15) is 12.0 Å². The highest BCUT2D eigenvalue weighted by Crippen LogP contribution is 2.16. The maximum absolute atomic E-state index is 13.3. The molecule has 0 saturated carbocycles. The van der Waals surface area contributed by atoms with Crippen LogP contribution in [-0.2, 0) is 21.1 Å². The van der Waals surface area contributed by atoms with Gasteiger partial charge in [0.1, 0.15) is 11.6 Å². The maximum Gasteiger partial charge on any atom is 0.153 e. The van der Waals surface area contributed by atoms with Gasteiger partial charge in [-0.3, -0.25) is 4.79 Å². The van der Waals surface area contributed by atoms with Crippen LogP contribution in [0, 0.1) is 5.82 Å². The van der Waals surface area contributed by atoms with Crippen molar-refractivity contribution in [2.45, 2.75) is 18.9 Å². The fraction of sp³-hybridized carbons (Fsp3) is 0.462. The number of hydrogen-bond acceptors (Lipinski definition) is 4. The molecule has 1 aromatic carbocycles. The lowest BCUT2D eigenvalue weighted by Gasteiger charge is -2.22. The van der Waals surface area contributed by atoms with Gasteiger partial charge in [-0.05, 0) is 17.7 Å². The fourth-order valence-corrected chi connectivity index (χ4v) is 3.78. The Balaban J connectivity index is 1.93. The molecule has 0 bridgehead atoms. The number of halogens is 2. The van der Waals surface area contributed by atoms with E-state index in [0.717, 1.165) is 0 Å². The number of hydrogen-bond donors (Lipinski definition) is 1. The van der Waals surface area contributed by atoms with E-state index < -0.39 is 15.7 Å². The Hall–Kier alpha value is -0.980. The smallest absolute Gasteiger partial charge is 0.153 e. The van der Waals surface area contributed by atoms with E-state index in [1.807, 2.05) is 0 Å². The molecule has 0 aliphatic carbocycles. The zero-order chi connectivity index (χ0) is 14.8. The Bertz CT molecular complexity index is 618. The molecule has 1 N–H and O–H groups in total. The third-order valence-electron chi connectivity index (χ3n) is 3.16. The summed E-state index contributed by atoms with van der Waals surface area (Å²) < 4.78 is 36.2. The van der Waals surface area contributed by atoms with E-state index in [4.69, 9.17) is 11.6 Å². The summed E-state index contributed by atoms with van der Waals surface area (Å²) in [6.45, 7) is 0.371. The van der Waals surface area contributed by atoms with Crippen molar-refractivity contribution in [1.82, 2.24) is 5.32 Å². The zero-order valence-corrected chi connectivity index (χ0v) is 12.3. The molecule has 1 aliphatic heterocycles. The van der Waals surface area contributed by atoms with Crippen LogP contribution in [0.2, 0.25) is 5.02 Å². The molecule has 0 amide bonds. The van der Waals surface area contributed by atoms with E-state index in [1.165, 1.54) is 12.1 Å². The Morgan fingerprint density at radius 2 is 2.20 bits per heavy atom. The second-order valence-electron chi connectivity index (χ2n) is 4.93. The van der Waals surface area contributed by atoms with Crippen LogP contribution < -0.4 is 5.32 Å². The lowest BCUT2D eigenvalue weighted by atomic mass is 10.0. The summed E-state index contributed by atoms with van der Waals surface area (Å²) in [6.07, 6.45) is 0.204. The first-order valence-corrected chi connectivity index (χ1v) is 8.45. The number of carbonyl (C=O) groups excluding carboxylic acids is 1. The number of benzene rings is 1. The highest BCUT2D eigenvalue weighted by molar-refractivity contribution is 7.91. The van der Waals surface area contributed by atoms with Crippen molar-refractivity contribution >= 4 is 27.2 Å². The molecule has 1 fully saturated rings. The molecule has 0 aromatic heterocycles. The fourth-order valence-electron chi connectivity index (χ4n) is 2.22. The summed E-state index contributed by atoms with van der Waals surface area (Å²) in [7, 11) is -3.05. The first kappa shape index (κ1) is 15.4. The van der Waals surface area contributed by atoms with Crippen molar-refractivity contribution in [1.29, 1.82) is 0 Å². The van der Waals surface area contributed by atoms with Crippen molar-refractivity contribution in [3.8, 4) is 0 Å². The van der Waals surface area contributed by atoms with Crippen LogP contribution in [0.4, 0.5) is 4.39 Å². The van der Waals surface area contributed by atoms with Crippen molar-refractivity contribution in [2.75, 3.05) is 18.1 Å². The summed E-state index contributed by atoms with van der Waals surface area (Å²) in [4.78, 5) is 11.9. The number of Topliss-reactive ketones (excluding diaryl/α,β-unsaturated/α-hetero) is 1. The molecule has 0 radical (unpaired) electrons. The molecule has 7 heteroatoms. The van der Waals surface area contributed by atoms with Gasteiger partial charge in [-0.1, -0.05) is 17.7 Å². The van der Waals surface area contributed by atoms with Gasteiger partial charge in [0.25, 0.3) is 0 Å². The van der Waals surface area contributed by atoms with Gasteiger partial charge < -0.3 is 5.32 Å². The minimum absolute atomic E-state index is 0.0150. The van der Waals surface area contributed by atoms with Gasteiger partial charge in [0.2, 0.25) is 0 Å². The van der Waals surface area contributed by atoms with Gasteiger partial charge in [0.15, 0.2) is 9.84 Å². The van der Waals surface area contributed by atoms with E-state index in [9.17, 15) is 17.6 Å². The molecule has 2 rings (SSSR count). The topological polar surface area (TPSA) is 63.2 Å². The zero-order valence-electron chi connectivity index (χ0n) is 10.7. The second-order valence-corrected chi connectivity index (χ2v) is 7.57. The van der Waals surface area contributed by atoms with Gasteiger partial charge in [-0.2, -0.15) is 0 Å². The molecule has 1 saturated heterocycles. The Labute approximate surface area is 122 Å². The van der Waals surface area contributed by atoms with Gasteiger partial charge in [-0.25, -0.2) is 12.8 Å². The van der Waals surface area contributed by atoms with E-state index >= 15 is 0 Å². The third kappa shape index (κ3) is 4.26. The quantitative estimate of drug-likeness (QED) is 0.910. The molecular weight excluding hydrogens is 305 g/mol. The minimum Gasteiger partial charge on any atom is -0.312 e. The van der Waals surface area contributed by atoms with Gasteiger partial charge >= 0.3 is 0 Å². The lowest BCUT2D eigenvalue weighted by molar-refractivity contribution is -0.118. The summed E-state index contributed by atoms with van der Waals surface area (Å²) >= 11 is 5.57. The van der Waals surface area contributed by atoms with Crippen molar-refractivity contribution in [3.05, 3.63) is 34.6 Å². The Morgan fingerprint density at radius 1 is 1.45 bits per heavy atom. The van der Waals surface area contributed by atoms with Crippen LogP contribution in [-0.4, -0.2) is 38.3 Å². The van der Waals surface area contributed by atoms with Crippen molar-refractivity contribution in [2.24, 2.45) is 0 Å². The number of carbonyl (C=O) groups is 1. The number of rotatable bonds is 4. The second kappa shape index (κ2) is 6.20. The SMILES string of the molecule is O=C(Cc1ccc(Cl)c(F)c1)CC1CS(=O)(=O)CCN1.